The molecule has 0 aromatic carbocycles. The van der Waals surface area contributed by atoms with E-state index in [4.69, 9.17) is 9.69 Å². The van der Waals surface area contributed by atoms with Crippen molar-refractivity contribution < 1.29 is 26.8 Å². The molecule has 0 amide bonds. The monoisotopic (exact) mass is 221 g/mol. The van der Waals surface area contributed by atoms with Gasteiger partial charge in [-0.2, -0.15) is 0 Å². The van der Waals surface area contributed by atoms with Crippen LogP contribution in [-0.4, -0.2) is 13.4 Å². The minimum atomic E-state index is -3.91. The van der Waals surface area contributed by atoms with E-state index in [0.29, 0.717) is 0 Å². The summed E-state index contributed by atoms with van der Waals surface area (Å²) in [4.78, 5) is 28.7. The van der Waals surface area contributed by atoms with Gasteiger partial charge >= 0.3 is 49.9 Å². The van der Waals surface area contributed by atoms with E-state index in [0.717, 1.165) is 13.4 Å². The van der Waals surface area contributed by atoms with Crippen LogP contribution in [0.15, 0.2) is 0 Å². The maximum atomic E-state index is 9.58. The van der Waals surface area contributed by atoms with Gasteiger partial charge in [0.2, 0.25) is 0 Å². The van der Waals surface area contributed by atoms with Crippen molar-refractivity contribution in [2.45, 2.75) is 0 Å². The Bertz CT molecular complexity index is 276. The Hall–Kier alpha value is -0.347. The summed E-state index contributed by atoms with van der Waals surface area (Å²) < 4.78 is 3.35. The zero-order chi connectivity index (χ0) is 6.62. The van der Waals surface area contributed by atoms with Crippen LogP contribution in [0.2, 0.25) is 0 Å². The molecule has 0 aliphatic carbocycles. The van der Waals surface area contributed by atoms with Gasteiger partial charge in [-0.25, -0.2) is 0 Å². The fourth-order valence-corrected chi connectivity index (χ4v) is 0.261. The standard InChI is InChI=1S/3CO.ClH.Ru/c3*1-2;;/h;;;1H;/q;;;;+1/p-1. The van der Waals surface area contributed by atoms with Gasteiger partial charge in [0, 0.05) is 0 Å². The molecule has 0 N–H and O–H groups in total. The minimum absolute atomic E-state index is 1.12. The van der Waals surface area contributed by atoms with Crippen LogP contribution in [0.5, 0.6) is 0 Å². The molecular formula is C3ClO3Ru. The SMILES string of the molecule is O=[C]=[Ru]([Cl])(=[C]=O)=[C]=O. The molecule has 0 unspecified atom stereocenters. The average Bonchev–Trinajstić information content (AvgIpc) is 1.87. The summed E-state index contributed by atoms with van der Waals surface area (Å²) in [7, 11) is 4.99. The van der Waals surface area contributed by atoms with Crippen LogP contribution < -0.4 is 0 Å². The van der Waals surface area contributed by atoms with Crippen LogP contribution in [0.1, 0.15) is 0 Å². The van der Waals surface area contributed by atoms with Crippen molar-refractivity contribution >= 4 is 23.1 Å². The molecule has 5 heteroatoms. The third kappa shape index (κ3) is 1.63. The van der Waals surface area contributed by atoms with Gasteiger partial charge in [0.25, 0.3) is 0 Å². The van der Waals surface area contributed by atoms with Crippen LogP contribution in [-0.2, 0) is 26.8 Å². The van der Waals surface area contributed by atoms with Crippen LogP contribution in [0.3, 0.4) is 0 Å². The molecule has 0 spiro atoms. The molecule has 0 atom stereocenters. The Morgan fingerprint density at radius 1 is 1.00 bits per heavy atom. The normalized spacial score (nSPS) is 8.62. The van der Waals surface area contributed by atoms with Gasteiger partial charge in [-0.05, 0) is 0 Å². The van der Waals surface area contributed by atoms with Crippen molar-refractivity contribution in [2.24, 2.45) is 0 Å². The number of rotatable bonds is 0. The Morgan fingerprint density at radius 2 is 1.25 bits per heavy atom. The second-order valence-electron chi connectivity index (χ2n) is 0.682. The van der Waals surface area contributed by atoms with Crippen molar-refractivity contribution in [3.05, 3.63) is 0 Å². The van der Waals surface area contributed by atoms with E-state index in [2.05, 4.69) is 0 Å². The number of hydrogen-bond acceptors (Lipinski definition) is 3. The fraction of sp³-hybridized carbons (Fsp3) is 0. The van der Waals surface area contributed by atoms with Gasteiger partial charge in [0.05, 0.1) is 0 Å². The summed E-state index contributed by atoms with van der Waals surface area (Å²) in [5.74, 6) is 0. The van der Waals surface area contributed by atoms with Gasteiger partial charge in [0.1, 0.15) is 0 Å². The van der Waals surface area contributed by atoms with E-state index in [1.165, 1.54) is 0 Å². The predicted molar refractivity (Wildman–Crippen MR) is 22.9 cm³/mol. The quantitative estimate of drug-likeness (QED) is 0.517. The van der Waals surface area contributed by atoms with Crippen LogP contribution in [0.4, 0.5) is 0 Å². The van der Waals surface area contributed by atoms with Crippen molar-refractivity contribution in [3.8, 4) is 0 Å². The van der Waals surface area contributed by atoms with Gasteiger partial charge in [0.15, 0.2) is 0 Å². The van der Waals surface area contributed by atoms with E-state index < -0.39 is 12.4 Å². The molecule has 8 heavy (non-hydrogen) atoms. The summed E-state index contributed by atoms with van der Waals surface area (Å²) >= 11 is -3.91. The van der Waals surface area contributed by atoms with Gasteiger partial charge < -0.3 is 0 Å². The molecule has 0 bridgehead atoms. The third-order valence-electron chi connectivity index (χ3n) is 0.298. The summed E-state index contributed by atoms with van der Waals surface area (Å²) in [6, 6.07) is 0. The zero-order valence-electron chi connectivity index (χ0n) is 3.46. The second kappa shape index (κ2) is 2.84. The number of hydrogen-bond donors (Lipinski definition) is 0. The molecule has 45 valence electrons. The Labute approximate surface area is 50.3 Å². The van der Waals surface area contributed by atoms with Crippen LogP contribution in [0, 0.1) is 0 Å². The van der Waals surface area contributed by atoms with E-state index >= 15 is 0 Å². The van der Waals surface area contributed by atoms with Gasteiger partial charge in [-0.3, -0.25) is 0 Å². The molecule has 3 nitrogen and oxygen atoms in total. The Morgan fingerprint density at radius 3 is 1.25 bits per heavy atom. The zero-order valence-corrected chi connectivity index (χ0v) is 5.95. The van der Waals surface area contributed by atoms with Gasteiger partial charge in [-0.15, -0.1) is 0 Å². The third-order valence-corrected chi connectivity index (χ3v) is 2.73. The molecule has 0 fully saturated rings. The maximum absolute atomic E-state index is 9.58. The molecule has 0 rings (SSSR count). The van der Waals surface area contributed by atoms with Crippen molar-refractivity contribution in [2.75, 3.05) is 0 Å². The summed E-state index contributed by atoms with van der Waals surface area (Å²) in [6.07, 6.45) is 0. The van der Waals surface area contributed by atoms with Crippen molar-refractivity contribution in [1.29, 1.82) is 0 Å². The first-order chi connectivity index (χ1) is 3.68. The molecular weight excluding hydrogens is 221 g/mol. The van der Waals surface area contributed by atoms with E-state index in [1.807, 2.05) is 0 Å². The van der Waals surface area contributed by atoms with E-state index in [9.17, 15) is 14.4 Å². The molecule has 0 radical (unpaired) electrons. The first-order valence-electron chi connectivity index (χ1n) is 1.28. The molecule has 0 saturated carbocycles. The topological polar surface area (TPSA) is 51.2 Å². The average molecular weight is 221 g/mol. The fourth-order valence-electron chi connectivity index (χ4n) is 0.0442. The Balaban J connectivity index is 6.52. The van der Waals surface area contributed by atoms with Crippen LogP contribution in [0.25, 0.3) is 0 Å². The van der Waals surface area contributed by atoms with E-state index in [-0.39, 0.29) is 0 Å². The molecule has 0 heterocycles. The molecule has 0 aliphatic rings. The van der Waals surface area contributed by atoms with E-state index in [1.54, 1.807) is 0 Å². The van der Waals surface area contributed by atoms with Crippen molar-refractivity contribution in [1.82, 2.24) is 0 Å². The molecule has 0 aliphatic heterocycles. The molecule has 0 aromatic heterocycles. The van der Waals surface area contributed by atoms with Gasteiger partial charge in [-0.1, -0.05) is 0 Å². The first-order valence-corrected chi connectivity index (χ1v) is 6.12. The predicted octanol–water partition coefficient (Wildman–Crippen LogP) is -0.504. The molecule has 0 aromatic rings. The van der Waals surface area contributed by atoms with Crippen molar-refractivity contribution in [3.63, 3.8) is 0 Å². The summed E-state index contributed by atoms with van der Waals surface area (Å²) in [6.45, 7) is 0. The van der Waals surface area contributed by atoms with Crippen LogP contribution >= 0.6 is 9.69 Å². The Kier molecular flexibility index (Phi) is 2.72. The second-order valence-corrected chi connectivity index (χ2v) is 6.41. The first kappa shape index (κ1) is 7.65. The molecule has 0 saturated heterocycles. The number of halogens is 1. The summed E-state index contributed by atoms with van der Waals surface area (Å²) in [5.41, 5.74) is 0. The summed E-state index contributed by atoms with van der Waals surface area (Å²) in [5, 5.41) is 0. The number of carbonyl (C=O) groups excluding carboxylic acids is 3.